The number of rotatable bonds is 5. The highest BCUT2D eigenvalue weighted by Gasteiger charge is 2.21. The zero-order chi connectivity index (χ0) is 17.2. The van der Waals surface area contributed by atoms with Gasteiger partial charge in [-0.1, -0.05) is 18.2 Å². The highest BCUT2D eigenvalue weighted by molar-refractivity contribution is 7.89. The van der Waals surface area contributed by atoms with Gasteiger partial charge in [-0.3, -0.25) is 0 Å². The summed E-state index contributed by atoms with van der Waals surface area (Å²) < 4.78 is 26.8. The highest BCUT2D eigenvalue weighted by Crippen LogP contribution is 2.20. The van der Waals surface area contributed by atoms with Gasteiger partial charge in [0.2, 0.25) is 10.0 Å². The van der Waals surface area contributed by atoms with E-state index in [0.717, 1.165) is 22.4 Å². The molecule has 0 bridgehead atoms. The third-order valence-electron chi connectivity index (χ3n) is 4.04. The molecule has 0 fully saturated rings. The van der Waals surface area contributed by atoms with Crippen molar-refractivity contribution in [1.82, 2.24) is 4.31 Å². The molecule has 5 heteroatoms. The smallest absolute Gasteiger partial charge is 0.243 e. The normalized spacial score (nSPS) is 11.7. The van der Waals surface area contributed by atoms with Crippen molar-refractivity contribution in [3.05, 3.63) is 59.2 Å². The fraction of sp³-hybridized carbons (Fsp3) is 0.333. The van der Waals surface area contributed by atoms with Gasteiger partial charge in [-0.05, 0) is 54.8 Å². The molecule has 2 rings (SSSR count). The molecule has 0 unspecified atom stereocenters. The van der Waals surface area contributed by atoms with E-state index in [1.165, 1.54) is 4.31 Å². The van der Waals surface area contributed by atoms with Crippen LogP contribution in [0.4, 0.5) is 5.69 Å². The van der Waals surface area contributed by atoms with E-state index in [2.05, 4.69) is 0 Å². The standard InChI is InChI=1S/C18H24N2O2S/c1-14-6-11-18(12-15(14)2)23(21,22)20(5)13-16-7-9-17(10-8-16)19(3)4/h6-12H,13H2,1-5H3. The molecular formula is C18H24N2O2S. The summed E-state index contributed by atoms with van der Waals surface area (Å²) in [5, 5.41) is 0. The Hall–Kier alpha value is -1.85. The van der Waals surface area contributed by atoms with E-state index in [-0.39, 0.29) is 0 Å². The molecule has 0 spiro atoms. The summed E-state index contributed by atoms with van der Waals surface area (Å²) in [6.07, 6.45) is 0. The molecule has 0 saturated heterocycles. The minimum absolute atomic E-state index is 0.341. The van der Waals surface area contributed by atoms with Crippen LogP contribution in [0.2, 0.25) is 0 Å². The topological polar surface area (TPSA) is 40.6 Å². The first-order chi connectivity index (χ1) is 10.7. The van der Waals surface area contributed by atoms with Crippen LogP contribution < -0.4 is 4.90 Å². The molecule has 2 aromatic rings. The van der Waals surface area contributed by atoms with Gasteiger partial charge in [0.1, 0.15) is 0 Å². The van der Waals surface area contributed by atoms with E-state index in [4.69, 9.17) is 0 Å². The van der Waals surface area contributed by atoms with Gasteiger partial charge in [0.25, 0.3) is 0 Å². The van der Waals surface area contributed by atoms with Crippen LogP contribution in [0.1, 0.15) is 16.7 Å². The maximum Gasteiger partial charge on any atom is 0.243 e. The van der Waals surface area contributed by atoms with Crippen molar-refractivity contribution in [3.63, 3.8) is 0 Å². The van der Waals surface area contributed by atoms with Crippen molar-refractivity contribution in [2.24, 2.45) is 0 Å². The van der Waals surface area contributed by atoms with Gasteiger partial charge in [0.15, 0.2) is 0 Å². The third kappa shape index (κ3) is 3.92. The Kier molecular flexibility index (Phi) is 5.12. The molecule has 0 aliphatic heterocycles. The summed E-state index contributed by atoms with van der Waals surface area (Å²) >= 11 is 0. The minimum atomic E-state index is -3.48. The van der Waals surface area contributed by atoms with Crippen LogP contribution in [-0.4, -0.2) is 33.9 Å². The van der Waals surface area contributed by atoms with E-state index in [0.29, 0.717) is 11.4 Å². The predicted molar refractivity (Wildman–Crippen MR) is 95.3 cm³/mol. The van der Waals surface area contributed by atoms with Gasteiger partial charge in [-0.2, -0.15) is 4.31 Å². The molecule has 0 aliphatic carbocycles. The molecule has 0 amide bonds. The number of anilines is 1. The number of nitrogens with zero attached hydrogens (tertiary/aromatic N) is 2. The summed E-state index contributed by atoms with van der Waals surface area (Å²) in [5.74, 6) is 0. The van der Waals surface area contributed by atoms with Crippen LogP contribution in [-0.2, 0) is 16.6 Å². The highest BCUT2D eigenvalue weighted by atomic mass is 32.2. The van der Waals surface area contributed by atoms with Crippen molar-refractivity contribution >= 4 is 15.7 Å². The van der Waals surface area contributed by atoms with Crippen molar-refractivity contribution in [2.75, 3.05) is 26.0 Å². The molecule has 23 heavy (non-hydrogen) atoms. The first kappa shape index (κ1) is 17.5. The summed E-state index contributed by atoms with van der Waals surface area (Å²) in [7, 11) is 2.09. The monoisotopic (exact) mass is 332 g/mol. The fourth-order valence-electron chi connectivity index (χ4n) is 2.30. The summed E-state index contributed by atoms with van der Waals surface area (Å²) in [6, 6.07) is 13.2. The molecule has 0 radical (unpaired) electrons. The number of hydrogen-bond donors (Lipinski definition) is 0. The lowest BCUT2D eigenvalue weighted by Crippen LogP contribution is -2.26. The fourth-order valence-corrected chi connectivity index (χ4v) is 3.54. The summed E-state index contributed by atoms with van der Waals surface area (Å²) in [5.41, 5.74) is 4.12. The Bertz CT molecular complexity index is 781. The molecule has 0 N–H and O–H groups in total. The lowest BCUT2D eigenvalue weighted by atomic mass is 10.1. The zero-order valence-corrected chi connectivity index (χ0v) is 15.2. The van der Waals surface area contributed by atoms with E-state index in [9.17, 15) is 8.42 Å². The van der Waals surface area contributed by atoms with Crippen molar-refractivity contribution in [3.8, 4) is 0 Å². The third-order valence-corrected chi connectivity index (χ3v) is 5.84. The maximum atomic E-state index is 12.7. The van der Waals surface area contributed by atoms with Crippen LogP contribution in [0.3, 0.4) is 0 Å². The maximum absolute atomic E-state index is 12.7. The molecule has 4 nitrogen and oxygen atoms in total. The van der Waals surface area contributed by atoms with Gasteiger partial charge in [0.05, 0.1) is 4.90 Å². The Balaban J connectivity index is 2.21. The quantitative estimate of drug-likeness (QED) is 0.844. The van der Waals surface area contributed by atoms with Gasteiger partial charge in [-0.15, -0.1) is 0 Å². The Morgan fingerprint density at radius 2 is 1.48 bits per heavy atom. The van der Waals surface area contributed by atoms with Crippen LogP contribution in [0.5, 0.6) is 0 Å². The molecule has 0 aliphatic rings. The summed E-state index contributed by atoms with van der Waals surface area (Å²) in [6.45, 7) is 4.25. The lowest BCUT2D eigenvalue weighted by molar-refractivity contribution is 0.466. The first-order valence-electron chi connectivity index (χ1n) is 7.51. The second-order valence-corrected chi connectivity index (χ2v) is 8.11. The second-order valence-electron chi connectivity index (χ2n) is 6.07. The van der Waals surface area contributed by atoms with Crippen LogP contribution in [0, 0.1) is 13.8 Å². The summed E-state index contributed by atoms with van der Waals surface area (Å²) in [4.78, 5) is 2.35. The van der Waals surface area contributed by atoms with Crippen molar-refractivity contribution < 1.29 is 8.42 Å². The average molecular weight is 332 g/mol. The van der Waals surface area contributed by atoms with E-state index < -0.39 is 10.0 Å². The molecule has 0 saturated carbocycles. The molecule has 0 aromatic heterocycles. The molecule has 0 atom stereocenters. The number of benzene rings is 2. The van der Waals surface area contributed by atoms with Crippen LogP contribution >= 0.6 is 0 Å². The van der Waals surface area contributed by atoms with Crippen molar-refractivity contribution in [2.45, 2.75) is 25.3 Å². The van der Waals surface area contributed by atoms with Crippen LogP contribution in [0.15, 0.2) is 47.4 Å². The van der Waals surface area contributed by atoms with Crippen molar-refractivity contribution in [1.29, 1.82) is 0 Å². The Morgan fingerprint density at radius 1 is 0.870 bits per heavy atom. The van der Waals surface area contributed by atoms with Gasteiger partial charge >= 0.3 is 0 Å². The SMILES string of the molecule is Cc1ccc(S(=O)(=O)N(C)Cc2ccc(N(C)C)cc2)cc1C. The lowest BCUT2D eigenvalue weighted by Gasteiger charge is -2.19. The largest absolute Gasteiger partial charge is 0.378 e. The van der Waals surface area contributed by atoms with E-state index in [1.807, 2.05) is 63.2 Å². The molecule has 124 valence electrons. The second kappa shape index (κ2) is 6.72. The molecule has 2 aromatic carbocycles. The van der Waals surface area contributed by atoms with E-state index in [1.54, 1.807) is 19.2 Å². The Morgan fingerprint density at radius 3 is 2.00 bits per heavy atom. The number of hydrogen-bond acceptors (Lipinski definition) is 3. The first-order valence-corrected chi connectivity index (χ1v) is 8.95. The zero-order valence-electron chi connectivity index (χ0n) is 14.4. The van der Waals surface area contributed by atoms with Gasteiger partial charge in [0, 0.05) is 33.4 Å². The number of sulfonamides is 1. The minimum Gasteiger partial charge on any atom is -0.378 e. The van der Waals surface area contributed by atoms with E-state index >= 15 is 0 Å². The van der Waals surface area contributed by atoms with Gasteiger partial charge < -0.3 is 4.90 Å². The molecule has 0 heterocycles. The Labute approximate surface area is 139 Å². The van der Waals surface area contributed by atoms with Crippen LogP contribution in [0.25, 0.3) is 0 Å². The average Bonchev–Trinajstić information content (AvgIpc) is 2.50. The number of aryl methyl sites for hydroxylation is 2. The van der Waals surface area contributed by atoms with Gasteiger partial charge in [-0.25, -0.2) is 8.42 Å². The predicted octanol–water partition coefficient (Wildman–Crippen LogP) is 3.19. The molecular weight excluding hydrogens is 308 g/mol.